The van der Waals surface area contributed by atoms with Gasteiger partial charge in [-0.15, -0.1) is 0 Å². The first-order valence-corrected chi connectivity index (χ1v) is 10.0. The van der Waals surface area contributed by atoms with Gasteiger partial charge in [-0.3, -0.25) is 0 Å². The Morgan fingerprint density at radius 1 is 1.25 bits per heavy atom. The molecule has 3 aromatic heterocycles. The smallest absolute Gasteiger partial charge is 0.261 e. The van der Waals surface area contributed by atoms with Crippen LogP contribution < -0.4 is 5.32 Å². The van der Waals surface area contributed by atoms with E-state index < -0.39 is 5.60 Å². The Morgan fingerprint density at radius 2 is 2.07 bits per heavy atom. The predicted molar refractivity (Wildman–Crippen MR) is 100 cm³/mol. The summed E-state index contributed by atoms with van der Waals surface area (Å²) >= 11 is 0. The van der Waals surface area contributed by atoms with E-state index in [4.69, 9.17) is 4.52 Å². The molecule has 4 fully saturated rings. The molecule has 8 nitrogen and oxygen atoms in total. The number of nitrogens with zero attached hydrogens (tertiary/aromatic N) is 4. The van der Waals surface area contributed by atoms with Crippen LogP contribution >= 0.6 is 0 Å². The van der Waals surface area contributed by atoms with Gasteiger partial charge >= 0.3 is 0 Å². The lowest BCUT2D eigenvalue weighted by molar-refractivity contribution is -0.129. The number of aliphatic hydroxyl groups excluding tert-OH is 1. The molecule has 4 bridgehead atoms. The molecule has 3 heterocycles. The molecule has 0 spiro atoms. The van der Waals surface area contributed by atoms with Gasteiger partial charge in [0.1, 0.15) is 6.61 Å². The zero-order chi connectivity index (χ0) is 18.9. The molecule has 4 aliphatic carbocycles. The van der Waals surface area contributed by atoms with Crippen LogP contribution in [0.25, 0.3) is 17.0 Å². The number of aromatic nitrogens is 4. The molecule has 5 atom stereocenters. The van der Waals surface area contributed by atoms with Gasteiger partial charge in [0.05, 0.1) is 28.6 Å². The zero-order valence-corrected chi connectivity index (χ0v) is 15.5. The minimum absolute atomic E-state index is 0.257. The minimum atomic E-state index is -0.456. The van der Waals surface area contributed by atoms with Crippen molar-refractivity contribution in [2.75, 3.05) is 5.32 Å². The molecule has 0 radical (unpaired) electrons. The Hall–Kier alpha value is -2.45. The standard InChI is InChI=1S/C20H23N5O3/c26-10-16-22-19(28-24-16)14-9-21-25-3-1-2-15(25)18(14)23-17-12-4-11-5-13(17)8-20(27,6-11)7-12/h1-3,9,11-13,17,23,26-27H,4-8,10H2/t11?,12-,13+,17?,20?. The quantitative estimate of drug-likeness (QED) is 0.636. The van der Waals surface area contributed by atoms with Crippen LogP contribution in [0.4, 0.5) is 5.69 Å². The molecule has 3 unspecified atom stereocenters. The van der Waals surface area contributed by atoms with Crippen LogP contribution in [-0.2, 0) is 6.61 Å². The number of rotatable bonds is 4. The number of fused-ring (bicyclic) bond motifs is 1. The van der Waals surface area contributed by atoms with E-state index >= 15 is 0 Å². The Labute approximate surface area is 161 Å². The maximum atomic E-state index is 10.9. The van der Waals surface area contributed by atoms with Crippen molar-refractivity contribution >= 4 is 11.2 Å². The number of nitrogens with one attached hydrogen (secondary N) is 1. The van der Waals surface area contributed by atoms with Gasteiger partial charge in [0.15, 0.2) is 5.82 Å². The highest BCUT2D eigenvalue weighted by atomic mass is 16.5. The Kier molecular flexibility index (Phi) is 3.40. The second-order valence-corrected chi connectivity index (χ2v) is 8.81. The van der Waals surface area contributed by atoms with E-state index in [1.165, 1.54) is 12.8 Å². The van der Waals surface area contributed by atoms with Gasteiger partial charge in [-0.05, 0) is 62.0 Å². The van der Waals surface area contributed by atoms with Gasteiger partial charge in [-0.2, -0.15) is 10.1 Å². The van der Waals surface area contributed by atoms with Crippen molar-refractivity contribution in [2.24, 2.45) is 17.8 Å². The van der Waals surface area contributed by atoms with E-state index in [2.05, 4.69) is 20.6 Å². The fourth-order valence-electron chi connectivity index (χ4n) is 6.12. The highest BCUT2D eigenvalue weighted by Gasteiger charge is 2.54. The molecule has 3 N–H and O–H groups in total. The van der Waals surface area contributed by atoms with Crippen molar-refractivity contribution < 1.29 is 14.7 Å². The Bertz CT molecular complexity index is 1030. The fraction of sp³-hybridized carbons (Fsp3) is 0.550. The summed E-state index contributed by atoms with van der Waals surface area (Å²) in [6.07, 6.45) is 8.74. The normalized spacial score (nSPS) is 33.6. The molecule has 4 aliphatic rings. The first kappa shape index (κ1) is 16.5. The first-order valence-electron chi connectivity index (χ1n) is 10.0. The summed E-state index contributed by atoms with van der Waals surface area (Å²) in [5.74, 6) is 2.22. The summed E-state index contributed by atoms with van der Waals surface area (Å²) in [4.78, 5) is 4.29. The second-order valence-electron chi connectivity index (χ2n) is 8.81. The van der Waals surface area contributed by atoms with Crippen molar-refractivity contribution in [2.45, 2.75) is 50.4 Å². The van der Waals surface area contributed by atoms with Crippen LogP contribution in [-0.4, -0.2) is 41.6 Å². The third kappa shape index (κ3) is 2.41. The van der Waals surface area contributed by atoms with Crippen molar-refractivity contribution in [3.8, 4) is 11.5 Å². The predicted octanol–water partition coefficient (Wildman–Crippen LogP) is 2.23. The summed E-state index contributed by atoms with van der Waals surface area (Å²) in [5, 5.41) is 32.2. The van der Waals surface area contributed by atoms with Crippen LogP contribution in [0.2, 0.25) is 0 Å². The summed E-state index contributed by atoms with van der Waals surface area (Å²) in [7, 11) is 0. The molecule has 146 valence electrons. The molecule has 7 rings (SSSR count). The van der Waals surface area contributed by atoms with Gasteiger partial charge < -0.3 is 20.1 Å². The van der Waals surface area contributed by atoms with Gasteiger partial charge in [0.25, 0.3) is 5.89 Å². The maximum absolute atomic E-state index is 10.9. The van der Waals surface area contributed by atoms with E-state index in [1.807, 2.05) is 22.8 Å². The summed E-state index contributed by atoms with van der Waals surface area (Å²) in [6, 6.07) is 4.30. The molecular weight excluding hydrogens is 358 g/mol. The molecule has 28 heavy (non-hydrogen) atoms. The lowest BCUT2D eigenvalue weighted by atomic mass is 9.52. The number of anilines is 1. The summed E-state index contributed by atoms with van der Waals surface area (Å²) in [6.45, 7) is -0.264. The average molecular weight is 381 g/mol. The topological polar surface area (TPSA) is 109 Å². The highest BCUT2D eigenvalue weighted by molar-refractivity contribution is 5.85. The zero-order valence-electron chi connectivity index (χ0n) is 15.5. The molecule has 8 heteroatoms. The van der Waals surface area contributed by atoms with E-state index in [1.54, 1.807) is 6.20 Å². The molecular formula is C20H23N5O3. The molecule has 0 aromatic carbocycles. The van der Waals surface area contributed by atoms with Crippen LogP contribution in [0, 0.1) is 17.8 Å². The van der Waals surface area contributed by atoms with Gasteiger partial charge in [-0.1, -0.05) is 5.16 Å². The van der Waals surface area contributed by atoms with E-state index in [0.29, 0.717) is 29.7 Å². The lowest BCUT2D eigenvalue weighted by Gasteiger charge is -2.58. The van der Waals surface area contributed by atoms with Gasteiger partial charge in [-0.25, -0.2) is 4.52 Å². The SMILES string of the molecule is OCc1noc(-c2cnn3cccc3c2NC2[C@@H]3CC4C[C@H]2CC(O)(C4)C3)n1. The van der Waals surface area contributed by atoms with Crippen LogP contribution in [0.15, 0.2) is 29.0 Å². The second kappa shape index (κ2) is 5.78. The minimum Gasteiger partial charge on any atom is -0.390 e. The third-order valence-corrected chi connectivity index (χ3v) is 6.96. The number of aliphatic hydroxyl groups is 2. The Balaban J connectivity index is 1.42. The summed E-state index contributed by atoms with van der Waals surface area (Å²) < 4.78 is 7.21. The molecule has 4 saturated carbocycles. The van der Waals surface area contributed by atoms with E-state index in [0.717, 1.165) is 36.0 Å². The first-order chi connectivity index (χ1) is 13.6. The largest absolute Gasteiger partial charge is 0.390 e. The van der Waals surface area contributed by atoms with Crippen molar-refractivity contribution in [3.05, 3.63) is 30.4 Å². The highest BCUT2D eigenvalue weighted by Crippen LogP contribution is 2.56. The Morgan fingerprint density at radius 3 is 2.79 bits per heavy atom. The van der Waals surface area contributed by atoms with Crippen molar-refractivity contribution in [1.29, 1.82) is 0 Å². The van der Waals surface area contributed by atoms with E-state index in [9.17, 15) is 10.2 Å². The molecule has 0 amide bonds. The third-order valence-electron chi connectivity index (χ3n) is 6.96. The van der Waals surface area contributed by atoms with Crippen molar-refractivity contribution in [1.82, 2.24) is 19.8 Å². The van der Waals surface area contributed by atoms with Gasteiger partial charge in [0.2, 0.25) is 0 Å². The molecule has 0 saturated heterocycles. The molecule has 0 aliphatic heterocycles. The van der Waals surface area contributed by atoms with Crippen LogP contribution in [0.1, 0.15) is 37.9 Å². The number of hydrogen-bond donors (Lipinski definition) is 3. The lowest BCUT2D eigenvalue weighted by Crippen LogP contribution is -2.59. The van der Waals surface area contributed by atoms with Crippen LogP contribution in [0.5, 0.6) is 0 Å². The molecule has 3 aromatic rings. The average Bonchev–Trinajstić information content (AvgIpc) is 3.32. The number of hydrogen-bond acceptors (Lipinski definition) is 7. The van der Waals surface area contributed by atoms with E-state index in [-0.39, 0.29) is 12.4 Å². The van der Waals surface area contributed by atoms with Crippen LogP contribution in [0.3, 0.4) is 0 Å². The maximum Gasteiger partial charge on any atom is 0.261 e. The van der Waals surface area contributed by atoms with Crippen molar-refractivity contribution in [3.63, 3.8) is 0 Å². The van der Waals surface area contributed by atoms with Gasteiger partial charge in [0, 0.05) is 12.2 Å². The monoisotopic (exact) mass is 381 g/mol. The fourth-order valence-corrected chi connectivity index (χ4v) is 6.12. The summed E-state index contributed by atoms with van der Waals surface area (Å²) in [5.41, 5.74) is 2.17.